The van der Waals surface area contributed by atoms with Crippen LogP contribution in [0.4, 0.5) is 4.79 Å². The highest BCUT2D eigenvalue weighted by molar-refractivity contribution is 5.78. The molecule has 0 unspecified atom stereocenters. The van der Waals surface area contributed by atoms with Crippen molar-refractivity contribution in [2.24, 2.45) is 4.99 Å². The second kappa shape index (κ2) is 10.1. The molecule has 0 aromatic heterocycles. The zero-order chi connectivity index (χ0) is 13.1. The third kappa shape index (κ3) is 7.90. The molecule has 0 aromatic carbocycles. The maximum Gasteiger partial charge on any atom is 0.319 e. The largest absolute Gasteiger partial charge is 0.359 e. The van der Waals surface area contributed by atoms with E-state index in [9.17, 15) is 4.79 Å². The van der Waals surface area contributed by atoms with Crippen molar-refractivity contribution in [3.05, 3.63) is 0 Å². The van der Waals surface area contributed by atoms with E-state index in [1.165, 1.54) is 0 Å². The lowest BCUT2D eigenvalue weighted by Crippen LogP contribution is -2.35. The molecule has 6 heteroatoms. The molecule has 0 heterocycles. The Morgan fingerprint density at radius 2 is 1.62 bits per heavy atom. The molecule has 0 saturated carbocycles. The second-order valence-electron chi connectivity index (χ2n) is 3.26. The molecular weight excluding hydrogens is 206 g/mol. The molecule has 0 aliphatic rings. The molecule has 16 heavy (non-hydrogen) atoms. The van der Waals surface area contributed by atoms with Gasteiger partial charge in [0.15, 0.2) is 5.96 Å². The molecule has 6 nitrogen and oxygen atoms in total. The zero-order valence-electron chi connectivity index (χ0n) is 11.5. The third-order valence-corrected chi connectivity index (χ3v) is 1.88. The second-order valence-corrected chi connectivity index (χ2v) is 3.26. The highest BCUT2D eigenvalue weighted by Crippen LogP contribution is 1.87. The topological polar surface area (TPSA) is 60.0 Å². The van der Waals surface area contributed by atoms with E-state index in [1.54, 1.807) is 38.0 Å². The summed E-state index contributed by atoms with van der Waals surface area (Å²) in [5.74, 6) is 0.806. The zero-order valence-corrected chi connectivity index (χ0v) is 11.5. The minimum absolute atomic E-state index is 0.0532. The molecule has 0 fully saturated rings. The number of hydrogen-bond donors (Lipinski definition) is 2. The van der Waals surface area contributed by atoms with E-state index in [4.69, 9.17) is 0 Å². The smallest absolute Gasteiger partial charge is 0.319 e. The van der Waals surface area contributed by atoms with E-state index >= 15 is 0 Å². The van der Waals surface area contributed by atoms with Crippen LogP contribution in [0.2, 0.25) is 0 Å². The minimum Gasteiger partial charge on any atom is -0.359 e. The van der Waals surface area contributed by atoms with Gasteiger partial charge in [-0.25, -0.2) is 4.79 Å². The van der Waals surface area contributed by atoms with Crippen molar-refractivity contribution in [3.63, 3.8) is 0 Å². The summed E-state index contributed by atoms with van der Waals surface area (Å²) in [4.78, 5) is 18.0. The summed E-state index contributed by atoms with van der Waals surface area (Å²) in [5, 5.41) is 5.68. The van der Waals surface area contributed by atoms with Gasteiger partial charge in [0, 0.05) is 48.8 Å². The number of nitrogens with one attached hydrogen (secondary N) is 2. The number of carbonyl (C=O) groups is 1. The fraction of sp³-hybridized carbons (Fsp3) is 0.800. The molecule has 96 valence electrons. The number of rotatable bonds is 1. The van der Waals surface area contributed by atoms with Crippen LogP contribution in [0.25, 0.3) is 0 Å². The summed E-state index contributed by atoms with van der Waals surface area (Å²) in [5.41, 5.74) is 0. The molecular formula is C10H25N5O. The van der Waals surface area contributed by atoms with Crippen molar-refractivity contribution in [1.29, 1.82) is 0 Å². The van der Waals surface area contributed by atoms with Gasteiger partial charge in [-0.1, -0.05) is 0 Å². The van der Waals surface area contributed by atoms with Crippen molar-refractivity contribution < 1.29 is 4.79 Å². The fourth-order valence-corrected chi connectivity index (χ4v) is 0.825. The Labute approximate surface area is 98.7 Å². The summed E-state index contributed by atoms with van der Waals surface area (Å²) < 4.78 is 0. The molecule has 0 atom stereocenters. The number of hydrogen-bond acceptors (Lipinski definition) is 2. The van der Waals surface area contributed by atoms with Crippen molar-refractivity contribution in [3.8, 4) is 0 Å². The van der Waals surface area contributed by atoms with Crippen LogP contribution in [-0.2, 0) is 0 Å². The van der Waals surface area contributed by atoms with E-state index in [1.807, 2.05) is 21.0 Å². The summed E-state index contributed by atoms with van der Waals surface area (Å²) >= 11 is 0. The predicted molar refractivity (Wildman–Crippen MR) is 68.9 cm³/mol. The molecule has 0 aliphatic heterocycles. The van der Waals surface area contributed by atoms with E-state index in [-0.39, 0.29) is 6.03 Å². The van der Waals surface area contributed by atoms with Crippen LogP contribution in [0.1, 0.15) is 6.92 Å². The van der Waals surface area contributed by atoms with Crippen LogP contribution in [0, 0.1) is 0 Å². The standard InChI is InChI=1S/C6H14N2O.C4H11N3/c1-5-8(4)6(9)7(2)3;1-5-4(6-2)7-3/h5H2,1-4H3;1-3H3,(H2,5,6,7). The average molecular weight is 231 g/mol. The Bertz CT molecular complexity index is 209. The van der Waals surface area contributed by atoms with E-state index in [0.717, 1.165) is 12.5 Å². The summed E-state index contributed by atoms with van der Waals surface area (Å²) in [7, 11) is 10.6. The first-order chi connectivity index (χ1) is 7.44. The SMILES string of the molecule is CCN(C)C(=O)N(C)C.CN=C(NC)NC. The average Bonchev–Trinajstić information content (AvgIpc) is 2.30. The van der Waals surface area contributed by atoms with Crippen molar-refractivity contribution in [2.45, 2.75) is 6.92 Å². The highest BCUT2D eigenvalue weighted by Gasteiger charge is 2.06. The van der Waals surface area contributed by atoms with Gasteiger partial charge in [0.05, 0.1) is 0 Å². The minimum atomic E-state index is 0.0532. The third-order valence-electron chi connectivity index (χ3n) is 1.88. The highest BCUT2D eigenvalue weighted by atomic mass is 16.2. The molecule has 0 bridgehead atoms. The van der Waals surface area contributed by atoms with Gasteiger partial charge in [-0.05, 0) is 6.92 Å². The summed E-state index contributed by atoms with van der Waals surface area (Å²) in [6.45, 7) is 2.71. The number of urea groups is 1. The van der Waals surface area contributed by atoms with Crippen molar-refractivity contribution in [2.75, 3.05) is 48.8 Å². The number of guanidine groups is 1. The molecule has 2 amide bonds. The van der Waals surface area contributed by atoms with Gasteiger partial charge in [0.25, 0.3) is 0 Å². The van der Waals surface area contributed by atoms with Gasteiger partial charge in [-0.15, -0.1) is 0 Å². The first kappa shape index (κ1) is 17.0. The normalized spacial score (nSPS) is 8.19. The van der Waals surface area contributed by atoms with Gasteiger partial charge in [-0.2, -0.15) is 0 Å². The molecule has 0 saturated heterocycles. The number of aliphatic imine (C=N–C) groups is 1. The van der Waals surface area contributed by atoms with Gasteiger partial charge in [-0.3, -0.25) is 4.99 Å². The Hall–Kier alpha value is -1.46. The van der Waals surface area contributed by atoms with Crippen LogP contribution in [0.5, 0.6) is 0 Å². The lowest BCUT2D eigenvalue weighted by Gasteiger charge is -2.19. The quantitative estimate of drug-likeness (QED) is 0.494. The number of nitrogens with zero attached hydrogens (tertiary/aromatic N) is 3. The van der Waals surface area contributed by atoms with Crippen LogP contribution in [-0.4, -0.2) is 70.6 Å². The van der Waals surface area contributed by atoms with Crippen LogP contribution in [0.15, 0.2) is 4.99 Å². The maximum atomic E-state index is 10.9. The molecule has 0 spiro atoms. The molecule has 0 radical (unpaired) electrons. The maximum absolute atomic E-state index is 10.9. The summed E-state index contributed by atoms with van der Waals surface area (Å²) in [6, 6.07) is 0.0532. The Kier molecular flexibility index (Phi) is 10.7. The van der Waals surface area contributed by atoms with Crippen LogP contribution >= 0.6 is 0 Å². The first-order valence-electron chi connectivity index (χ1n) is 5.19. The lowest BCUT2D eigenvalue weighted by atomic mass is 10.6. The Morgan fingerprint density at radius 3 is 1.69 bits per heavy atom. The van der Waals surface area contributed by atoms with E-state index < -0.39 is 0 Å². The van der Waals surface area contributed by atoms with Gasteiger partial charge >= 0.3 is 6.03 Å². The lowest BCUT2D eigenvalue weighted by molar-refractivity contribution is 0.184. The van der Waals surface area contributed by atoms with Crippen molar-refractivity contribution >= 4 is 12.0 Å². The predicted octanol–water partition coefficient (Wildman–Crippen LogP) is 0.0307. The summed E-state index contributed by atoms with van der Waals surface area (Å²) in [6.07, 6.45) is 0. The Balaban J connectivity index is 0. The number of carbonyl (C=O) groups excluding carboxylic acids is 1. The van der Waals surface area contributed by atoms with Gasteiger partial charge < -0.3 is 20.4 Å². The van der Waals surface area contributed by atoms with Gasteiger partial charge in [0.2, 0.25) is 0 Å². The fourth-order valence-electron chi connectivity index (χ4n) is 0.825. The molecule has 2 N–H and O–H groups in total. The van der Waals surface area contributed by atoms with Crippen LogP contribution in [0.3, 0.4) is 0 Å². The number of amides is 2. The van der Waals surface area contributed by atoms with E-state index in [2.05, 4.69) is 15.6 Å². The Morgan fingerprint density at radius 1 is 1.19 bits per heavy atom. The van der Waals surface area contributed by atoms with Crippen LogP contribution < -0.4 is 10.6 Å². The first-order valence-corrected chi connectivity index (χ1v) is 5.19. The monoisotopic (exact) mass is 231 g/mol. The van der Waals surface area contributed by atoms with E-state index in [0.29, 0.717) is 0 Å². The molecule has 0 aromatic rings. The molecule has 0 rings (SSSR count). The van der Waals surface area contributed by atoms with Crippen molar-refractivity contribution in [1.82, 2.24) is 20.4 Å². The van der Waals surface area contributed by atoms with Gasteiger partial charge in [0.1, 0.15) is 0 Å². The molecule has 0 aliphatic carbocycles.